The van der Waals surface area contributed by atoms with Gasteiger partial charge in [-0.15, -0.1) is 0 Å². The molecule has 0 saturated heterocycles. The molecule has 0 bridgehead atoms. The SMILES string of the molecule is COc1cc(Nc2ncnc(N(C(N)=NCc3ccccn3)c3ccccc3)n2)cc(OC)c1. The third-order valence-corrected chi connectivity index (χ3v) is 4.74. The molecule has 2 heterocycles. The van der Waals surface area contributed by atoms with Crippen molar-refractivity contribution >= 4 is 29.2 Å². The molecule has 4 rings (SSSR count). The molecule has 34 heavy (non-hydrogen) atoms. The van der Waals surface area contributed by atoms with Gasteiger partial charge in [-0.1, -0.05) is 24.3 Å². The van der Waals surface area contributed by atoms with Crippen LogP contribution in [0.25, 0.3) is 0 Å². The van der Waals surface area contributed by atoms with E-state index in [-0.39, 0.29) is 5.96 Å². The Morgan fingerprint density at radius 1 is 0.941 bits per heavy atom. The lowest BCUT2D eigenvalue weighted by atomic mass is 10.3. The second-order valence-corrected chi connectivity index (χ2v) is 7.00. The van der Waals surface area contributed by atoms with E-state index in [0.29, 0.717) is 35.6 Å². The summed E-state index contributed by atoms with van der Waals surface area (Å²) in [6.07, 6.45) is 3.12. The van der Waals surface area contributed by atoms with E-state index in [2.05, 4.69) is 30.2 Å². The normalized spacial score (nSPS) is 11.1. The topological polar surface area (TPSA) is 124 Å². The van der Waals surface area contributed by atoms with Gasteiger partial charge in [0.05, 0.1) is 32.1 Å². The van der Waals surface area contributed by atoms with Gasteiger partial charge in [0, 0.05) is 30.1 Å². The van der Waals surface area contributed by atoms with E-state index in [1.54, 1.807) is 31.4 Å². The van der Waals surface area contributed by atoms with Crippen LogP contribution in [-0.4, -0.2) is 40.1 Å². The van der Waals surface area contributed by atoms with Crippen LogP contribution in [0.2, 0.25) is 0 Å². The van der Waals surface area contributed by atoms with Crippen molar-refractivity contribution in [2.24, 2.45) is 10.7 Å². The van der Waals surface area contributed by atoms with Crippen molar-refractivity contribution in [1.29, 1.82) is 0 Å². The molecule has 0 aliphatic rings. The summed E-state index contributed by atoms with van der Waals surface area (Å²) in [5.41, 5.74) is 8.64. The van der Waals surface area contributed by atoms with Gasteiger partial charge in [-0.25, -0.2) is 19.9 Å². The molecule has 0 radical (unpaired) electrons. The van der Waals surface area contributed by atoms with Crippen molar-refractivity contribution in [2.45, 2.75) is 6.54 Å². The third kappa shape index (κ3) is 5.54. The van der Waals surface area contributed by atoms with Crippen molar-refractivity contribution in [3.63, 3.8) is 0 Å². The number of pyridine rings is 1. The molecule has 0 atom stereocenters. The molecule has 0 aliphatic heterocycles. The largest absolute Gasteiger partial charge is 0.497 e. The molecule has 0 aliphatic carbocycles. The summed E-state index contributed by atoms with van der Waals surface area (Å²) in [5, 5.41) is 3.16. The lowest BCUT2D eigenvalue weighted by Gasteiger charge is -2.22. The molecule has 3 N–H and O–H groups in total. The number of methoxy groups -OCH3 is 2. The van der Waals surface area contributed by atoms with Gasteiger partial charge in [0.25, 0.3) is 0 Å². The quantitative estimate of drug-likeness (QED) is 0.302. The Labute approximate surface area is 197 Å². The van der Waals surface area contributed by atoms with E-state index in [9.17, 15) is 0 Å². The molecule has 2 aromatic heterocycles. The van der Waals surface area contributed by atoms with E-state index in [0.717, 1.165) is 11.4 Å². The van der Waals surface area contributed by atoms with Crippen LogP contribution in [0.5, 0.6) is 11.5 Å². The Bertz CT molecular complexity index is 1230. The summed E-state index contributed by atoms with van der Waals surface area (Å²) < 4.78 is 10.7. The van der Waals surface area contributed by atoms with E-state index in [4.69, 9.17) is 15.2 Å². The average Bonchev–Trinajstić information content (AvgIpc) is 2.89. The Kier molecular flexibility index (Phi) is 7.09. The summed E-state index contributed by atoms with van der Waals surface area (Å²) in [4.78, 5) is 23.6. The minimum atomic E-state index is 0.219. The average molecular weight is 457 g/mol. The van der Waals surface area contributed by atoms with E-state index >= 15 is 0 Å². The predicted molar refractivity (Wildman–Crippen MR) is 131 cm³/mol. The molecule has 2 aromatic carbocycles. The van der Waals surface area contributed by atoms with Gasteiger partial charge in [-0.05, 0) is 24.3 Å². The number of rotatable bonds is 8. The number of aromatic nitrogens is 4. The lowest BCUT2D eigenvalue weighted by molar-refractivity contribution is 0.395. The Morgan fingerprint density at radius 2 is 1.68 bits per heavy atom. The standard InChI is InChI=1S/C24H24N8O2/c1-33-20-12-18(13-21(14-20)34-2)30-23-28-16-29-24(31-23)32(19-9-4-3-5-10-19)22(25)27-15-17-8-6-7-11-26-17/h3-14,16H,15H2,1-2H3,(H2,25,27)(H,28,29,30,31). The zero-order valence-electron chi connectivity index (χ0n) is 18.8. The van der Waals surface area contributed by atoms with Crippen LogP contribution in [0.15, 0.2) is 84.2 Å². The van der Waals surface area contributed by atoms with Crippen molar-refractivity contribution in [1.82, 2.24) is 19.9 Å². The first kappa shape index (κ1) is 22.5. The van der Waals surface area contributed by atoms with Crippen LogP contribution in [0.3, 0.4) is 0 Å². The Hall–Kier alpha value is -4.73. The molecule has 10 nitrogen and oxygen atoms in total. The first-order chi connectivity index (χ1) is 16.7. The molecule has 10 heteroatoms. The van der Waals surface area contributed by atoms with Crippen molar-refractivity contribution in [2.75, 3.05) is 24.4 Å². The van der Waals surface area contributed by atoms with Crippen LogP contribution in [-0.2, 0) is 6.54 Å². The highest BCUT2D eigenvalue weighted by molar-refractivity contribution is 6.00. The summed E-state index contributed by atoms with van der Waals surface area (Å²) >= 11 is 0. The van der Waals surface area contributed by atoms with Crippen LogP contribution in [0, 0.1) is 0 Å². The van der Waals surface area contributed by atoms with Crippen LogP contribution in [0.1, 0.15) is 5.69 Å². The van der Waals surface area contributed by atoms with Crippen molar-refractivity contribution in [3.8, 4) is 11.5 Å². The van der Waals surface area contributed by atoms with Crippen molar-refractivity contribution in [3.05, 3.63) is 84.9 Å². The summed E-state index contributed by atoms with van der Waals surface area (Å²) in [5.74, 6) is 2.11. The molecule has 0 saturated carbocycles. The minimum Gasteiger partial charge on any atom is -0.497 e. The number of hydrogen-bond donors (Lipinski definition) is 2. The van der Waals surface area contributed by atoms with Gasteiger partial charge in [-0.3, -0.25) is 4.98 Å². The van der Waals surface area contributed by atoms with Crippen LogP contribution in [0.4, 0.5) is 23.3 Å². The van der Waals surface area contributed by atoms with E-state index in [1.165, 1.54) is 6.33 Å². The number of guanidine groups is 1. The highest BCUT2D eigenvalue weighted by Gasteiger charge is 2.18. The zero-order chi connectivity index (χ0) is 23.8. The first-order valence-corrected chi connectivity index (χ1v) is 10.4. The summed E-state index contributed by atoms with van der Waals surface area (Å²) in [7, 11) is 3.18. The van der Waals surface area contributed by atoms with E-state index < -0.39 is 0 Å². The maximum Gasteiger partial charge on any atom is 0.241 e. The predicted octanol–water partition coefficient (Wildman–Crippen LogP) is 3.68. The lowest BCUT2D eigenvalue weighted by Crippen LogP contribution is -2.35. The van der Waals surface area contributed by atoms with Gasteiger partial charge >= 0.3 is 0 Å². The fourth-order valence-corrected chi connectivity index (χ4v) is 3.12. The molecular weight excluding hydrogens is 432 g/mol. The van der Waals surface area contributed by atoms with Gasteiger partial charge in [0.1, 0.15) is 17.8 Å². The highest BCUT2D eigenvalue weighted by Crippen LogP contribution is 2.28. The van der Waals surface area contributed by atoms with Gasteiger partial charge in [-0.2, -0.15) is 4.98 Å². The fourth-order valence-electron chi connectivity index (χ4n) is 3.12. The van der Waals surface area contributed by atoms with Crippen LogP contribution < -0.4 is 25.4 Å². The zero-order valence-corrected chi connectivity index (χ0v) is 18.8. The monoisotopic (exact) mass is 456 g/mol. The minimum absolute atomic E-state index is 0.219. The van der Waals surface area contributed by atoms with Gasteiger partial charge in [0.15, 0.2) is 0 Å². The second-order valence-electron chi connectivity index (χ2n) is 7.00. The maximum absolute atomic E-state index is 6.40. The first-order valence-electron chi connectivity index (χ1n) is 10.4. The van der Waals surface area contributed by atoms with Gasteiger partial charge in [0.2, 0.25) is 17.9 Å². The number of nitrogens with zero attached hydrogens (tertiary/aromatic N) is 6. The number of nitrogens with two attached hydrogens (primary N) is 1. The number of benzene rings is 2. The number of nitrogens with one attached hydrogen (secondary N) is 1. The number of anilines is 4. The number of aliphatic imine (C=N–C) groups is 1. The highest BCUT2D eigenvalue weighted by atomic mass is 16.5. The number of hydrogen-bond acceptors (Lipinski definition) is 8. The Balaban J connectivity index is 1.66. The third-order valence-electron chi connectivity index (χ3n) is 4.74. The van der Waals surface area contributed by atoms with Gasteiger partial charge < -0.3 is 20.5 Å². The fraction of sp³-hybridized carbons (Fsp3) is 0.125. The summed E-state index contributed by atoms with van der Waals surface area (Å²) in [6, 6.07) is 20.5. The Morgan fingerprint density at radius 3 is 2.35 bits per heavy atom. The van der Waals surface area contributed by atoms with Crippen LogP contribution >= 0.6 is 0 Å². The molecule has 0 spiro atoms. The van der Waals surface area contributed by atoms with E-state index in [1.807, 2.05) is 60.7 Å². The smallest absolute Gasteiger partial charge is 0.241 e. The number of ether oxygens (including phenoxy) is 2. The molecule has 0 fully saturated rings. The second kappa shape index (κ2) is 10.7. The molecule has 172 valence electrons. The maximum atomic E-state index is 6.40. The van der Waals surface area contributed by atoms with Crippen molar-refractivity contribution < 1.29 is 9.47 Å². The molecule has 0 amide bonds. The number of para-hydroxylation sites is 1. The molecule has 0 unspecified atom stereocenters. The molecule has 4 aromatic rings. The molecular formula is C24H24N8O2. The summed E-state index contributed by atoms with van der Waals surface area (Å²) in [6.45, 7) is 0.315.